The van der Waals surface area contributed by atoms with Gasteiger partial charge in [-0.2, -0.15) is 10.4 Å². The maximum absolute atomic E-state index is 11.5. The number of hydrogen-bond donors (Lipinski definition) is 1. The molecule has 0 aliphatic rings. The Balaban J connectivity index is 3.45. The Morgan fingerprint density at radius 2 is 2.21 bits per heavy atom. The van der Waals surface area contributed by atoms with Crippen molar-refractivity contribution in [3.8, 4) is 6.07 Å². The number of nitriles is 1. The number of nitrogens with zero attached hydrogens (tertiary/aromatic N) is 3. The molecular weight excluding hydrogens is 182 g/mol. The Bertz CT molecular complexity index is 443. The Hall–Kier alpha value is -1.67. The van der Waals surface area contributed by atoms with Gasteiger partial charge in [-0.05, 0) is 19.4 Å². The molecule has 0 radical (unpaired) electrons. The number of aryl methyl sites for hydroxylation is 1. The summed E-state index contributed by atoms with van der Waals surface area (Å²) >= 11 is 0. The van der Waals surface area contributed by atoms with Crippen LogP contribution in [0.5, 0.6) is 0 Å². The number of hydrogen-bond acceptors (Lipinski definition) is 4. The highest BCUT2D eigenvalue weighted by Gasteiger charge is 2.10. The molecule has 74 valence electrons. The normalized spacial score (nSPS) is 9.86. The quantitative estimate of drug-likeness (QED) is 0.700. The van der Waals surface area contributed by atoms with Crippen LogP contribution in [0.3, 0.4) is 0 Å². The zero-order chi connectivity index (χ0) is 10.7. The third kappa shape index (κ3) is 1.65. The van der Waals surface area contributed by atoms with Crippen molar-refractivity contribution < 1.29 is 5.11 Å². The average molecular weight is 193 g/mol. The predicted molar refractivity (Wildman–Crippen MR) is 49.8 cm³/mol. The van der Waals surface area contributed by atoms with Crippen LogP contribution in [0.25, 0.3) is 0 Å². The van der Waals surface area contributed by atoms with Gasteiger partial charge in [-0.3, -0.25) is 4.79 Å². The summed E-state index contributed by atoms with van der Waals surface area (Å²) in [6.45, 7) is 3.37. The molecule has 0 saturated carbocycles. The van der Waals surface area contributed by atoms with Gasteiger partial charge in [0.1, 0.15) is 11.6 Å². The lowest BCUT2D eigenvalue weighted by molar-refractivity contribution is 0.265. The van der Waals surface area contributed by atoms with Crippen molar-refractivity contribution in [3.05, 3.63) is 27.2 Å². The topological polar surface area (TPSA) is 78.9 Å². The standard InChI is InChI=1S/C9H11N3O2/c1-6-7(2)11-12(3-4-13)9(14)8(6)5-10/h13H,3-4H2,1-2H3. The van der Waals surface area contributed by atoms with Gasteiger partial charge in [-0.25, -0.2) is 4.68 Å². The monoisotopic (exact) mass is 193 g/mol. The fourth-order valence-corrected chi connectivity index (χ4v) is 1.15. The first-order valence-corrected chi connectivity index (χ1v) is 4.21. The largest absolute Gasteiger partial charge is 0.394 e. The molecule has 0 fully saturated rings. The molecule has 1 aromatic heterocycles. The van der Waals surface area contributed by atoms with Crippen LogP contribution in [0.1, 0.15) is 16.8 Å². The van der Waals surface area contributed by atoms with Crippen molar-refractivity contribution in [1.82, 2.24) is 9.78 Å². The van der Waals surface area contributed by atoms with E-state index in [2.05, 4.69) is 5.10 Å². The lowest BCUT2D eigenvalue weighted by Crippen LogP contribution is -2.28. The van der Waals surface area contributed by atoms with Crippen LogP contribution in [-0.4, -0.2) is 21.5 Å². The minimum absolute atomic E-state index is 0.103. The number of aromatic nitrogens is 2. The second-order valence-electron chi connectivity index (χ2n) is 2.95. The minimum Gasteiger partial charge on any atom is -0.394 e. The summed E-state index contributed by atoms with van der Waals surface area (Å²) in [7, 11) is 0. The van der Waals surface area contributed by atoms with Gasteiger partial charge in [0.15, 0.2) is 0 Å². The molecule has 5 heteroatoms. The van der Waals surface area contributed by atoms with Gasteiger partial charge in [0, 0.05) is 0 Å². The summed E-state index contributed by atoms with van der Waals surface area (Å²) in [4.78, 5) is 11.5. The van der Waals surface area contributed by atoms with E-state index >= 15 is 0 Å². The van der Waals surface area contributed by atoms with Crippen molar-refractivity contribution in [3.63, 3.8) is 0 Å². The first-order valence-electron chi connectivity index (χ1n) is 4.21. The van der Waals surface area contributed by atoms with Gasteiger partial charge >= 0.3 is 0 Å². The number of rotatable bonds is 2. The number of aliphatic hydroxyl groups is 1. The average Bonchev–Trinajstić information content (AvgIpc) is 2.16. The van der Waals surface area contributed by atoms with E-state index in [1.165, 1.54) is 0 Å². The minimum atomic E-state index is -0.440. The van der Waals surface area contributed by atoms with E-state index in [0.29, 0.717) is 11.3 Å². The fourth-order valence-electron chi connectivity index (χ4n) is 1.15. The second-order valence-corrected chi connectivity index (χ2v) is 2.95. The maximum atomic E-state index is 11.5. The smallest absolute Gasteiger partial charge is 0.285 e. The summed E-state index contributed by atoms with van der Waals surface area (Å²) in [6, 6.07) is 1.85. The van der Waals surface area contributed by atoms with Crippen LogP contribution in [0.4, 0.5) is 0 Å². The van der Waals surface area contributed by atoms with E-state index in [1.807, 2.05) is 6.07 Å². The molecule has 0 unspecified atom stereocenters. The third-order valence-electron chi connectivity index (χ3n) is 2.06. The molecule has 1 N–H and O–H groups in total. The van der Waals surface area contributed by atoms with Crippen LogP contribution in [-0.2, 0) is 6.54 Å². The van der Waals surface area contributed by atoms with Gasteiger partial charge in [0.2, 0.25) is 0 Å². The third-order valence-corrected chi connectivity index (χ3v) is 2.06. The van der Waals surface area contributed by atoms with E-state index in [-0.39, 0.29) is 18.7 Å². The Kier molecular flexibility index (Phi) is 2.99. The molecule has 0 bridgehead atoms. The first kappa shape index (κ1) is 10.4. The molecule has 0 spiro atoms. The summed E-state index contributed by atoms with van der Waals surface area (Å²) < 4.78 is 1.11. The molecule has 0 saturated heterocycles. The van der Waals surface area contributed by atoms with Crippen LogP contribution in [0, 0.1) is 25.2 Å². The van der Waals surface area contributed by atoms with E-state index in [1.54, 1.807) is 13.8 Å². The second kappa shape index (κ2) is 4.03. The van der Waals surface area contributed by atoms with Crippen molar-refractivity contribution >= 4 is 0 Å². The summed E-state index contributed by atoms with van der Waals surface area (Å²) in [5, 5.41) is 21.4. The van der Waals surface area contributed by atoms with Crippen LogP contribution in [0.15, 0.2) is 4.79 Å². The molecule has 1 rings (SSSR count). The van der Waals surface area contributed by atoms with Gasteiger partial charge in [0.05, 0.1) is 18.8 Å². The molecule has 0 aliphatic heterocycles. The molecule has 0 aromatic carbocycles. The first-order chi connectivity index (χ1) is 6.61. The Labute approximate surface area is 81.2 Å². The van der Waals surface area contributed by atoms with Crippen LogP contribution < -0.4 is 5.56 Å². The molecule has 0 amide bonds. The molecular formula is C9H11N3O2. The predicted octanol–water partition coefficient (Wildman–Crippen LogP) is -0.276. The summed E-state index contributed by atoms with van der Waals surface area (Å²) in [5.74, 6) is 0. The highest BCUT2D eigenvalue weighted by molar-refractivity contribution is 5.36. The highest BCUT2D eigenvalue weighted by Crippen LogP contribution is 2.03. The van der Waals surface area contributed by atoms with Gasteiger partial charge in [-0.15, -0.1) is 0 Å². The van der Waals surface area contributed by atoms with Crippen molar-refractivity contribution in [2.75, 3.05) is 6.61 Å². The lowest BCUT2D eigenvalue weighted by atomic mass is 10.1. The Morgan fingerprint density at radius 3 is 2.71 bits per heavy atom. The maximum Gasteiger partial charge on any atom is 0.285 e. The van der Waals surface area contributed by atoms with Crippen molar-refractivity contribution in [1.29, 1.82) is 5.26 Å². The van der Waals surface area contributed by atoms with E-state index in [0.717, 1.165) is 4.68 Å². The van der Waals surface area contributed by atoms with E-state index in [4.69, 9.17) is 10.4 Å². The lowest BCUT2D eigenvalue weighted by Gasteiger charge is -2.06. The fraction of sp³-hybridized carbons (Fsp3) is 0.444. The van der Waals surface area contributed by atoms with Gasteiger partial charge < -0.3 is 5.11 Å². The highest BCUT2D eigenvalue weighted by atomic mass is 16.3. The summed E-state index contributed by atoms with van der Waals surface area (Å²) in [5.41, 5.74) is 0.900. The van der Waals surface area contributed by atoms with Crippen LogP contribution >= 0.6 is 0 Å². The molecule has 1 heterocycles. The summed E-state index contributed by atoms with van der Waals surface area (Å²) in [6.07, 6.45) is 0. The van der Waals surface area contributed by atoms with Crippen molar-refractivity contribution in [2.24, 2.45) is 0 Å². The Morgan fingerprint density at radius 1 is 1.57 bits per heavy atom. The molecule has 1 aromatic rings. The molecule has 0 atom stereocenters. The molecule has 0 aliphatic carbocycles. The zero-order valence-corrected chi connectivity index (χ0v) is 8.11. The SMILES string of the molecule is Cc1nn(CCO)c(=O)c(C#N)c1C. The molecule has 5 nitrogen and oxygen atoms in total. The van der Waals surface area contributed by atoms with E-state index < -0.39 is 5.56 Å². The van der Waals surface area contributed by atoms with Gasteiger partial charge in [0.25, 0.3) is 5.56 Å². The van der Waals surface area contributed by atoms with Crippen molar-refractivity contribution in [2.45, 2.75) is 20.4 Å². The molecule has 14 heavy (non-hydrogen) atoms. The van der Waals surface area contributed by atoms with Crippen LogP contribution in [0.2, 0.25) is 0 Å². The number of aliphatic hydroxyl groups excluding tert-OH is 1. The van der Waals surface area contributed by atoms with Gasteiger partial charge in [-0.1, -0.05) is 0 Å². The van der Waals surface area contributed by atoms with E-state index in [9.17, 15) is 4.79 Å². The zero-order valence-electron chi connectivity index (χ0n) is 8.11.